The van der Waals surface area contributed by atoms with Crippen molar-refractivity contribution in [3.8, 4) is 28.3 Å². The molecule has 0 heterocycles. The van der Waals surface area contributed by atoms with Crippen LogP contribution in [0.4, 0.5) is 0 Å². The van der Waals surface area contributed by atoms with Crippen molar-refractivity contribution in [2.75, 3.05) is 0 Å². The van der Waals surface area contributed by atoms with Gasteiger partial charge in [0.25, 0.3) is 0 Å². The van der Waals surface area contributed by atoms with E-state index in [-0.39, 0.29) is 0 Å². The normalized spacial score (nSPS) is 11.5. The third-order valence-corrected chi connectivity index (χ3v) is 9.59. The van der Waals surface area contributed by atoms with Crippen LogP contribution in [0.1, 0.15) is 72.6 Å². The van der Waals surface area contributed by atoms with Gasteiger partial charge in [-0.25, -0.2) is 0 Å². The number of hydrogen-bond donors (Lipinski definition) is 0. The summed E-state index contributed by atoms with van der Waals surface area (Å²) in [5.74, 6) is 0. The van der Waals surface area contributed by atoms with Crippen molar-refractivity contribution in [3.05, 3.63) is 229 Å². The Balaban J connectivity index is 0.000000529. The van der Waals surface area contributed by atoms with E-state index in [9.17, 15) is 5.26 Å². The smallest absolute Gasteiger partial charge is 0.0669 e. The third kappa shape index (κ3) is 10.2. The molecule has 0 unspecified atom stereocenters. The van der Waals surface area contributed by atoms with Gasteiger partial charge in [-0.1, -0.05) is 210 Å². The topological polar surface area (TPSA) is 36.1 Å². The molecule has 0 saturated carbocycles. The predicted molar refractivity (Wildman–Crippen MR) is 243 cm³/mol. The molecule has 0 bridgehead atoms. The number of benzene rings is 6. The van der Waals surface area contributed by atoms with Gasteiger partial charge < -0.3 is 0 Å². The van der Waals surface area contributed by atoms with Crippen molar-refractivity contribution in [3.63, 3.8) is 0 Å². The third-order valence-electron chi connectivity index (χ3n) is 9.59. The Labute approximate surface area is 334 Å². The molecule has 0 aliphatic heterocycles. The van der Waals surface area contributed by atoms with E-state index in [2.05, 4.69) is 130 Å². The van der Waals surface area contributed by atoms with Crippen LogP contribution in [0.3, 0.4) is 0 Å². The largest absolute Gasteiger partial charge is 0.253 e. The monoisotopic (exact) mass is 726 g/mol. The quantitative estimate of drug-likeness (QED) is 0.0966. The van der Waals surface area contributed by atoms with Crippen LogP contribution in [-0.4, -0.2) is 5.71 Å². The Bertz CT molecular complexity index is 2400. The lowest BCUT2D eigenvalue weighted by Crippen LogP contribution is -2.00. The molecule has 6 aromatic carbocycles. The number of allylic oxidation sites excluding steroid dienone is 5. The van der Waals surface area contributed by atoms with Gasteiger partial charge in [-0.15, -0.1) is 0 Å². The SMILES string of the molecule is C=C(/C=C\C=C(/CC#N)c1cccc2c1Cc1ccccc1-2)c1ccc(-c2cccc(C(CC)=NC(=C)c3ccccc3)c2)cc1.C=Cc1ccccc1.CC. The first-order valence-corrected chi connectivity index (χ1v) is 19.3. The Morgan fingerprint density at radius 3 is 2.02 bits per heavy atom. The number of hydrogen-bond acceptors (Lipinski definition) is 2. The van der Waals surface area contributed by atoms with Crippen LogP contribution in [-0.2, 0) is 6.42 Å². The summed E-state index contributed by atoms with van der Waals surface area (Å²) in [7, 11) is 0. The molecule has 2 heteroatoms. The molecule has 0 radical (unpaired) electrons. The predicted octanol–water partition coefficient (Wildman–Crippen LogP) is 14.7. The minimum Gasteiger partial charge on any atom is -0.253 e. The highest BCUT2D eigenvalue weighted by atomic mass is 14.8. The summed E-state index contributed by atoms with van der Waals surface area (Å²) in [6.45, 7) is 18.3. The molecule has 0 spiro atoms. The number of rotatable bonds is 11. The second-order valence-corrected chi connectivity index (χ2v) is 13.1. The zero-order valence-corrected chi connectivity index (χ0v) is 32.9. The molecule has 1 aliphatic rings. The van der Waals surface area contributed by atoms with Crippen LogP contribution in [0, 0.1) is 11.3 Å². The van der Waals surface area contributed by atoms with E-state index in [0.717, 1.165) is 68.8 Å². The highest BCUT2D eigenvalue weighted by molar-refractivity contribution is 6.04. The second-order valence-electron chi connectivity index (χ2n) is 13.1. The first kappa shape index (κ1) is 40.4. The highest BCUT2D eigenvalue weighted by Gasteiger charge is 2.21. The highest BCUT2D eigenvalue weighted by Crippen LogP contribution is 2.40. The molecular weight excluding hydrogens is 677 g/mol. The maximum Gasteiger partial charge on any atom is 0.0669 e. The minimum absolute atomic E-state index is 0.349. The zero-order valence-electron chi connectivity index (χ0n) is 32.9. The average molecular weight is 727 g/mol. The molecule has 0 amide bonds. The summed E-state index contributed by atoms with van der Waals surface area (Å²) in [5, 5.41) is 9.63. The van der Waals surface area contributed by atoms with Crippen LogP contribution in [0.15, 0.2) is 195 Å². The molecule has 56 heavy (non-hydrogen) atoms. The van der Waals surface area contributed by atoms with E-state index in [0.29, 0.717) is 6.42 Å². The van der Waals surface area contributed by atoms with Crippen LogP contribution in [0.5, 0.6) is 0 Å². The van der Waals surface area contributed by atoms with Crippen LogP contribution >= 0.6 is 0 Å². The lowest BCUT2D eigenvalue weighted by molar-refractivity contribution is 1.23. The fraction of sp³-hybridized carbons (Fsp3) is 0.111. The number of nitrogens with zero attached hydrogens (tertiary/aromatic N) is 2. The molecule has 1 aliphatic carbocycles. The second kappa shape index (κ2) is 20.6. The van der Waals surface area contributed by atoms with Crippen molar-refractivity contribution in [1.29, 1.82) is 5.26 Å². The van der Waals surface area contributed by atoms with Gasteiger partial charge in [0.1, 0.15) is 0 Å². The molecule has 6 aromatic rings. The fourth-order valence-electron chi connectivity index (χ4n) is 6.71. The van der Waals surface area contributed by atoms with Gasteiger partial charge >= 0.3 is 0 Å². The minimum atomic E-state index is 0.349. The number of fused-ring (bicyclic) bond motifs is 3. The van der Waals surface area contributed by atoms with Crippen molar-refractivity contribution >= 4 is 28.6 Å². The molecule has 0 atom stereocenters. The first-order valence-electron chi connectivity index (χ1n) is 19.3. The molecule has 0 fully saturated rings. The maximum atomic E-state index is 9.63. The first-order chi connectivity index (χ1) is 27.5. The van der Waals surface area contributed by atoms with E-state index in [1.807, 2.05) is 92.7 Å². The summed E-state index contributed by atoms with van der Waals surface area (Å²) in [6.07, 6.45) is 9.99. The lowest BCUT2D eigenvalue weighted by Gasteiger charge is -2.10. The van der Waals surface area contributed by atoms with Crippen LogP contribution < -0.4 is 0 Å². The van der Waals surface area contributed by atoms with E-state index < -0.39 is 0 Å². The van der Waals surface area contributed by atoms with E-state index in [4.69, 9.17) is 4.99 Å². The van der Waals surface area contributed by atoms with Gasteiger partial charge in [0.2, 0.25) is 0 Å². The van der Waals surface area contributed by atoms with Gasteiger partial charge in [-0.2, -0.15) is 5.26 Å². The van der Waals surface area contributed by atoms with Crippen molar-refractivity contribution in [2.24, 2.45) is 4.99 Å². The van der Waals surface area contributed by atoms with Crippen LogP contribution in [0.2, 0.25) is 0 Å². The average Bonchev–Trinajstić information content (AvgIpc) is 3.66. The van der Waals surface area contributed by atoms with Gasteiger partial charge in [0.15, 0.2) is 0 Å². The summed E-state index contributed by atoms with van der Waals surface area (Å²) in [6, 6.07) is 54.5. The molecule has 7 rings (SSSR count). The van der Waals surface area contributed by atoms with Gasteiger partial charge in [0, 0.05) is 5.71 Å². The zero-order chi connectivity index (χ0) is 39.7. The van der Waals surface area contributed by atoms with Gasteiger partial charge in [-0.05, 0) is 91.3 Å². The summed E-state index contributed by atoms with van der Waals surface area (Å²) < 4.78 is 0. The molecule has 276 valence electrons. The lowest BCUT2D eigenvalue weighted by atomic mass is 9.93. The van der Waals surface area contributed by atoms with Crippen molar-refractivity contribution in [2.45, 2.75) is 40.0 Å². The summed E-state index contributed by atoms with van der Waals surface area (Å²) in [5.41, 5.74) is 16.7. The standard InChI is InChI=1S/C44H36N2.C8H8.C2H6/c1-4-44(46-32(3)34-14-6-5-7-15-34)39-19-11-18-37(29-39)35-25-23-33(24-26-35)31(2)13-10-17-36(27-28-45)40-21-12-22-42-41-20-9-8-16-38(41)30-43(40)42;1-2-8-6-4-3-5-7-8;1-2/h5-26,29H,2-4,27,30H2,1H3;2-7H,1H2;1-2H3/b13-10-,36-17+,46-44?;;. The Morgan fingerprint density at radius 1 is 0.696 bits per heavy atom. The van der Waals surface area contributed by atoms with Crippen LogP contribution in [0.25, 0.3) is 45.2 Å². The summed E-state index contributed by atoms with van der Waals surface area (Å²) >= 11 is 0. The maximum absolute atomic E-state index is 9.63. The van der Waals surface area contributed by atoms with Gasteiger partial charge in [0.05, 0.1) is 18.2 Å². The molecule has 0 N–H and O–H groups in total. The van der Waals surface area contributed by atoms with E-state index >= 15 is 0 Å². The van der Waals surface area contributed by atoms with Gasteiger partial charge in [-0.3, -0.25) is 4.99 Å². The Morgan fingerprint density at radius 2 is 1.34 bits per heavy atom. The van der Waals surface area contributed by atoms with E-state index in [1.54, 1.807) is 0 Å². The number of aliphatic imine (C=N–C) groups is 1. The Hall–Kier alpha value is -6.82. The summed E-state index contributed by atoms with van der Waals surface area (Å²) in [4.78, 5) is 4.89. The number of nitriles is 1. The molecule has 2 nitrogen and oxygen atoms in total. The van der Waals surface area contributed by atoms with Crippen molar-refractivity contribution in [1.82, 2.24) is 0 Å². The molecule has 0 saturated heterocycles. The fourth-order valence-corrected chi connectivity index (χ4v) is 6.71. The Kier molecular flexibility index (Phi) is 14.8. The van der Waals surface area contributed by atoms with E-state index in [1.165, 1.54) is 27.8 Å². The van der Waals surface area contributed by atoms with Crippen molar-refractivity contribution < 1.29 is 0 Å². The molecular formula is C54H50N2. The molecule has 0 aromatic heterocycles.